The van der Waals surface area contributed by atoms with E-state index in [0.29, 0.717) is 18.3 Å². The molecule has 0 amide bonds. The first-order valence-corrected chi connectivity index (χ1v) is 5.95. The van der Waals surface area contributed by atoms with E-state index >= 15 is 0 Å². The minimum absolute atomic E-state index is 0.295. The van der Waals surface area contributed by atoms with Gasteiger partial charge in [0.05, 0.1) is 24.9 Å². The Labute approximate surface area is 88.0 Å². The van der Waals surface area contributed by atoms with Gasteiger partial charge in [-0.3, -0.25) is 0 Å². The molecule has 2 aliphatic heterocycles. The number of hydrogen-bond donors (Lipinski definition) is 0. The summed E-state index contributed by atoms with van der Waals surface area (Å²) < 4.78 is 11.4. The Bertz CT molecular complexity index is 170. The molecule has 2 fully saturated rings. The largest absolute Gasteiger partial charge is 0.375 e. The summed E-state index contributed by atoms with van der Waals surface area (Å²) in [5, 5.41) is 0. The molecule has 0 radical (unpaired) electrons. The lowest BCUT2D eigenvalue weighted by molar-refractivity contribution is -0.122. The standard InChI is InChI=1S/C10H18O2.C2H6/c1-6-5-11-10-8(3)12-7(2)4-9(6)10;1-2/h6-10H,4-5H2,1-3H3;1-2H3. The number of fused-ring (bicyclic) bond motifs is 1. The monoisotopic (exact) mass is 200 g/mol. The van der Waals surface area contributed by atoms with Gasteiger partial charge in [0.15, 0.2) is 0 Å². The van der Waals surface area contributed by atoms with E-state index in [1.165, 1.54) is 6.42 Å². The minimum atomic E-state index is 0.295. The van der Waals surface area contributed by atoms with E-state index in [1.54, 1.807) is 0 Å². The normalized spacial score (nSPS) is 46.5. The van der Waals surface area contributed by atoms with Crippen molar-refractivity contribution in [3.05, 3.63) is 0 Å². The van der Waals surface area contributed by atoms with E-state index < -0.39 is 0 Å². The molecule has 2 aliphatic rings. The second-order valence-electron chi connectivity index (χ2n) is 4.33. The topological polar surface area (TPSA) is 18.5 Å². The van der Waals surface area contributed by atoms with Gasteiger partial charge in [0.2, 0.25) is 0 Å². The van der Waals surface area contributed by atoms with Crippen LogP contribution in [0.5, 0.6) is 0 Å². The molecule has 0 bridgehead atoms. The molecule has 0 aromatic rings. The average Bonchev–Trinajstić information content (AvgIpc) is 2.52. The molecule has 84 valence electrons. The number of ether oxygens (including phenoxy) is 2. The minimum Gasteiger partial charge on any atom is -0.375 e. The fourth-order valence-corrected chi connectivity index (χ4v) is 2.57. The third-order valence-electron chi connectivity index (χ3n) is 3.22. The van der Waals surface area contributed by atoms with Crippen molar-refractivity contribution in [2.24, 2.45) is 11.8 Å². The van der Waals surface area contributed by atoms with Gasteiger partial charge in [0.25, 0.3) is 0 Å². The maximum absolute atomic E-state index is 5.72. The van der Waals surface area contributed by atoms with Gasteiger partial charge in [-0.2, -0.15) is 0 Å². The first-order chi connectivity index (χ1) is 6.68. The molecule has 0 saturated carbocycles. The lowest BCUT2D eigenvalue weighted by atomic mass is 9.83. The van der Waals surface area contributed by atoms with Crippen molar-refractivity contribution < 1.29 is 9.47 Å². The Morgan fingerprint density at radius 3 is 2.36 bits per heavy atom. The van der Waals surface area contributed by atoms with Crippen molar-refractivity contribution in [2.75, 3.05) is 6.61 Å². The van der Waals surface area contributed by atoms with Crippen molar-refractivity contribution in [1.29, 1.82) is 0 Å². The summed E-state index contributed by atoms with van der Waals surface area (Å²) >= 11 is 0. The van der Waals surface area contributed by atoms with E-state index in [-0.39, 0.29) is 0 Å². The van der Waals surface area contributed by atoms with Crippen molar-refractivity contribution in [3.8, 4) is 0 Å². The van der Waals surface area contributed by atoms with Crippen LogP contribution in [0.3, 0.4) is 0 Å². The lowest BCUT2D eigenvalue weighted by Gasteiger charge is -2.35. The third kappa shape index (κ3) is 2.29. The summed E-state index contributed by atoms with van der Waals surface area (Å²) in [7, 11) is 0. The Morgan fingerprint density at radius 1 is 1.07 bits per heavy atom. The summed E-state index contributed by atoms with van der Waals surface area (Å²) in [6.07, 6.45) is 2.26. The molecule has 2 nitrogen and oxygen atoms in total. The number of rotatable bonds is 0. The summed E-state index contributed by atoms with van der Waals surface area (Å²) in [6.45, 7) is 11.5. The Kier molecular flexibility index (Phi) is 4.39. The van der Waals surface area contributed by atoms with Crippen LogP contribution in [-0.2, 0) is 9.47 Å². The highest BCUT2D eigenvalue weighted by molar-refractivity contribution is 4.90. The molecule has 14 heavy (non-hydrogen) atoms. The van der Waals surface area contributed by atoms with Gasteiger partial charge in [-0.1, -0.05) is 20.8 Å². The van der Waals surface area contributed by atoms with Crippen LogP contribution >= 0.6 is 0 Å². The van der Waals surface area contributed by atoms with Crippen LogP contribution in [-0.4, -0.2) is 24.9 Å². The fourth-order valence-electron chi connectivity index (χ4n) is 2.57. The van der Waals surface area contributed by atoms with Crippen molar-refractivity contribution in [1.82, 2.24) is 0 Å². The summed E-state index contributed by atoms with van der Waals surface area (Å²) in [5.41, 5.74) is 0. The molecule has 0 aliphatic carbocycles. The van der Waals surface area contributed by atoms with E-state index in [0.717, 1.165) is 18.4 Å². The van der Waals surface area contributed by atoms with Crippen LogP contribution in [0.2, 0.25) is 0 Å². The van der Waals surface area contributed by atoms with Crippen LogP contribution in [0.4, 0.5) is 0 Å². The zero-order valence-electron chi connectivity index (χ0n) is 10.1. The predicted octanol–water partition coefficient (Wildman–Crippen LogP) is 2.86. The van der Waals surface area contributed by atoms with Gasteiger partial charge >= 0.3 is 0 Å². The third-order valence-corrected chi connectivity index (χ3v) is 3.22. The lowest BCUT2D eigenvalue weighted by Crippen LogP contribution is -2.41. The smallest absolute Gasteiger partial charge is 0.0866 e. The fraction of sp³-hybridized carbons (Fsp3) is 1.00. The maximum atomic E-state index is 5.72. The summed E-state index contributed by atoms with van der Waals surface area (Å²) in [6, 6.07) is 0. The molecule has 2 heterocycles. The highest BCUT2D eigenvalue weighted by Crippen LogP contribution is 2.37. The van der Waals surface area contributed by atoms with Gasteiger partial charge < -0.3 is 9.47 Å². The van der Waals surface area contributed by atoms with E-state index in [1.807, 2.05) is 13.8 Å². The van der Waals surface area contributed by atoms with Gasteiger partial charge in [-0.25, -0.2) is 0 Å². The first kappa shape index (κ1) is 12.0. The van der Waals surface area contributed by atoms with Crippen LogP contribution in [0.15, 0.2) is 0 Å². The molecule has 2 rings (SSSR count). The second-order valence-corrected chi connectivity index (χ2v) is 4.33. The van der Waals surface area contributed by atoms with Crippen molar-refractivity contribution in [2.45, 2.75) is 59.4 Å². The highest BCUT2D eigenvalue weighted by atomic mass is 16.6. The van der Waals surface area contributed by atoms with Gasteiger partial charge in [0, 0.05) is 0 Å². The first-order valence-electron chi connectivity index (χ1n) is 5.95. The zero-order valence-corrected chi connectivity index (χ0v) is 10.1. The van der Waals surface area contributed by atoms with Gasteiger partial charge in [-0.05, 0) is 32.1 Å². The SMILES string of the molecule is CC.CC1CC2C(C)COC2C(C)O1. The Hall–Kier alpha value is -0.0800. The molecule has 2 saturated heterocycles. The highest BCUT2D eigenvalue weighted by Gasteiger charge is 2.42. The van der Waals surface area contributed by atoms with Crippen LogP contribution in [0, 0.1) is 11.8 Å². The summed E-state index contributed by atoms with van der Waals surface area (Å²) in [5.74, 6) is 1.47. The molecule has 5 unspecified atom stereocenters. The molecule has 0 aromatic carbocycles. The molecule has 0 spiro atoms. The number of hydrogen-bond acceptors (Lipinski definition) is 2. The second kappa shape index (κ2) is 5.13. The van der Waals surface area contributed by atoms with Gasteiger partial charge in [-0.15, -0.1) is 0 Å². The average molecular weight is 200 g/mol. The molecule has 2 heteroatoms. The quantitative estimate of drug-likeness (QED) is 0.598. The van der Waals surface area contributed by atoms with Crippen LogP contribution in [0.25, 0.3) is 0 Å². The molecular weight excluding hydrogens is 176 g/mol. The summed E-state index contributed by atoms with van der Waals surface area (Å²) in [4.78, 5) is 0. The molecular formula is C12H24O2. The van der Waals surface area contributed by atoms with Crippen molar-refractivity contribution >= 4 is 0 Å². The maximum Gasteiger partial charge on any atom is 0.0866 e. The van der Waals surface area contributed by atoms with Gasteiger partial charge in [0.1, 0.15) is 0 Å². The Balaban J connectivity index is 0.000000461. The van der Waals surface area contributed by atoms with E-state index in [2.05, 4.69) is 20.8 Å². The Morgan fingerprint density at radius 2 is 1.71 bits per heavy atom. The van der Waals surface area contributed by atoms with E-state index in [9.17, 15) is 0 Å². The van der Waals surface area contributed by atoms with Crippen LogP contribution < -0.4 is 0 Å². The van der Waals surface area contributed by atoms with E-state index in [4.69, 9.17) is 9.47 Å². The molecule has 0 aromatic heterocycles. The zero-order chi connectivity index (χ0) is 10.7. The molecule has 0 N–H and O–H groups in total. The van der Waals surface area contributed by atoms with Crippen LogP contribution in [0.1, 0.15) is 41.0 Å². The molecule has 5 atom stereocenters. The van der Waals surface area contributed by atoms with Crippen molar-refractivity contribution in [3.63, 3.8) is 0 Å². The predicted molar refractivity (Wildman–Crippen MR) is 58.4 cm³/mol.